The van der Waals surface area contributed by atoms with Gasteiger partial charge in [-0.3, -0.25) is 19.0 Å². The van der Waals surface area contributed by atoms with E-state index in [1.807, 2.05) is 24.3 Å². The number of ketones is 1. The zero-order valence-electron chi connectivity index (χ0n) is 20.4. The molecule has 1 amide bonds. The lowest BCUT2D eigenvalue weighted by Crippen LogP contribution is -2.36. The van der Waals surface area contributed by atoms with E-state index in [1.165, 1.54) is 53.8 Å². The fraction of sp³-hybridized carbons (Fsp3) is 0.357. The summed E-state index contributed by atoms with van der Waals surface area (Å²) in [6.45, 7) is 0.335. The Morgan fingerprint density at radius 3 is 2.62 bits per heavy atom. The number of nitrogens with one attached hydrogen (secondary N) is 1. The van der Waals surface area contributed by atoms with Gasteiger partial charge in [0.1, 0.15) is 10.5 Å². The molecule has 1 N–H and O–H groups in total. The van der Waals surface area contributed by atoms with Crippen molar-refractivity contribution in [2.24, 2.45) is 0 Å². The molecule has 192 valence electrons. The van der Waals surface area contributed by atoms with Gasteiger partial charge in [-0.2, -0.15) is 0 Å². The number of rotatable bonds is 9. The number of amides is 1. The van der Waals surface area contributed by atoms with E-state index in [0.717, 1.165) is 35.8 Å². The van der Waals surface area contributed by atoms with Crippen LogP contribution < -0.4 is 10.9 Å². The van der Waals surface area contributed by atoms with Crippen molar-refractivity contribution in [2.75, 3.05) is 5.75 Å². The van der Waals surface area contributed by atoms with Crippen LogP contribution >= 0.6 is 23.1 Å². The van der Waals surface area contributed by atoms with Gasteiger partial charge in [0.15, 0.2) is 10.9 Å². The average molecular weight is 538 g/mol. The molecule has 1 aliphatic carbocycles. The van der Waals surface area contributed by atoms with E-state index in [9.17, 15) is 18.8 Å². The lowest BCUT2D eigenvalue weighted by Gasteiger charge is -2.22. The van der Waals surface area contributed by atoms with Gasteiger partial charge in [0.05, 0.1) is 11.3 Å². The lowest BCUT2D eigenvalue weighted by atomic mass is 9.95. The standard InChI is InChI=1S/C28H28FN3O3S2/c29-19-14-12-18(13-15-19)22(33)17-36-28-31-25-21-9-4-5-10-23(21)37-26(25)27(35)32(28)16-6-11-24(34)30-20-7-2-1-3-8-20/h4-5,9-10,12-15,20H,1-3,6-8,11,16-17H2,(H,30,34). The summed E-state index contributed by atoms with van der Waals surface area (Å²) in [6.07, 6.45) is 6.41. The number of Topliss-reactive ketones (excluding diaryl/α,β-unsaturated/α-hetero) is 1. The number of halogens is 1. The molecule has 2 aromatic carbocycles. The Bertz CT molecular complexity index is 1490. The smallest absolute Gasteiger partial charge is 0.272 e. The van der Waals surface area contributed by atoms with Gasteiger partial charge in [-0.15, -0.1) is 11.3 Å². The molecule has 1 aliphatic rings. The van der Waals surface area contributed by atoms with Gasteiger partial charge in [0, 0.05) is 34.7 Å². The predicted octanol–water partition coefficient (Wildman–Crippen LogP) is 5.95. The second-order valence-electron chi connectivity index (χ2n) is 9.35. The maximum Gasteiger partial charge on any atom is 0.272 e. The van der Waals surface area contributed by atoms with Gasteiger partial charge in [-0.05, 0) is 49.6 Å². The normalized spacial score (nSPS) is 14.3. The van der Waals surface area contributed by atoms with Crippen molar-refractivity contribution in [3.63, 3.8) is 0 Å². The van der Waals surface area contributed by atoms with Crippen molar-refractivity contribution in [3.8, 4) is 0 Å². The van der Waals surface area contributed by atoms with E-state index in [-0.39, 0.29) is 29.0 Å². The molecular formula is C28H28FN3O3S2. The molecule has 1 fully saturated rings. The quantitative estimate of drug-likeness (QED) is 0.162. The Hall–Kier alpha value is -3.04. The third kappa shape index (κ3) is 5.93. The molecule has 0 aliphatic heterocycles. The largest absolute Gasteiger partial charge is 0.353 e. The topological polar surface area (TPSA) is 81.1 Å². The molecule has 1 saturated carbocycles. The summed E-state index contributed by atoms with van der Waals surface area (Å²) in [7, 11) is 0. The molecule has 9 heteroatoms. The number of fused-ring (bicyclic) bond motifs is 3. The van der Waals surface area contributed by atoms with Gasteiger partial charge in [0.25, 0.3) is 5.56 Å². The monoisotopic (exact) mass is 537 g/mol. The highest BCUT2D eigenvalue weighted by atomic mass is 32.2. The summed E-state index contributed by atoms with van der Waals surface area (Å²) < 4.78 is 16.4. The minimum absolute atomic E-state index is 0.0107. The van der Waals surface area contributed by atoms with Crippen LogP contribution in [0.4, 0.5) is 4.39 Å². The fourth-order valence-corrected chi connectivity index (χ4v) is 6.76. The number of carbonyl (C=O) groups excluding carboxylic acids is 2. The SMILES string of the molecule is O=C(CCCn1c(SCC(=O)c2ccc(F)cc2)nc2c(sc3ccccc32)c1=O)NC1CCCCC1. The summed E-state index contributed by atoms with van der Waals surface area (Å²) in [5.74, 6) is -0.500. The molecule has 0 spiro atoms. The van der Waals surface area contributed by atoms with Crippen molar-refractivity contribution in [3.05, 3.63) is 70.3 Å². The van der Waals surface area contributed by atoms with Crippen molar-refractivity contribution in [1.29, 1.82) is 0 Å². The predicted molar refractivity (Wildman–Crippen MR) is 147 cm³/mol. The summed E-state index contributed by atoms with van der Waals surface area (Å²) in [6, 6.07) is 13.4. The Labute approximate surface area is 222 Å². The summed E-state index contributed by atoms with van der Waals surface area (Å²) >= 11 is 2.61. The van der Waals surface area contributed by atoms with Crippen molar-refractivity contribution in [2.45, 2.75) is 62.7 Å². The highest BCUT2D eigenvalue weighted by Gasteiger charge is 2.19. The molecule has 2 heterocycles. The first-order chi connectivity index (χ1) is 18.0. The highest BCUT2D eigenvalue weighted by molar-refractivity contribution is 7.99. The zero-order chi connectivity index (χ0) is 25.8. The molecule has 0 radical (unpaired) electrons. The van der Waals surface area contributed by atoms with E-state index < -0.39 is 5.82 Å². The molecule has 0 bridgehead atoms. The first-order valence-electron chi connectivity index (χ1n) is 12.6. The molecule has 6 nitrogen and oxygen atoms in total. The van der Waals surface area contributed by atoms with Crippen LogP contribution in [-0.4, -0.2) is 33.0 Å². The van der Waals surface area contributed by atoms with Crippen molar-refractivity contribution >= 4 is 55.1 Å². The van der Waals surface area contributed by atoms with Crippen LogP contribution in [0.2, 0.25) is 0 Å². The zero-order valence-corrected chi connectivity index (χ0v) is 22.0. The Kier molecular flexibility index (Phi) is 8.00. The van der Waals surface area contributed by atoms with Crippen LogP contribution in [-0.2, 0) is 11.3 Å². The van der Waals surface area contributed by atoms with Gasteiger partial charge in [-0.25, -0.2) is 9.37 Å². The number of hydrogen-bond acceptors (Lipinski definition) is 6. The lowest BCUT2D eigenvalue weighted by molar-refractivity contribution is -0.122. The number of thioether (sulfide) groups is 1. The number of benzene rings is 2. The maximum absolute atomic E-state index is 13.6. The molecule has 0 saturated heterocycles. The minimum Gasteiger partial charge on any atom is -0.353 e. The van der Waals surface area contributed by atoms with Crippen molar-refractivity contribution < 1.29 is 14.0 Å². The highest BCUT2D eigenvalue weighted by Crippen LogP contribution is 2.32. The summed E-state index contributed by atoms with van der Waals surface area (Å²) in [5.41, 5.74) is 0.883. The van der Waals surface area contributed by atoms with Crippen molar-refractivity contribution in [1.82, 2.24) is 14.9 Å². The van der Waals surface area contributed by atoms with Gasteiger partial charge >= 0.3 is 0 Å². The first kappa shape index (κ1) is 25.6. The molecule has 5 rings (SSSR count). The number of carbonyl (C=O) groups is 2. The van der Waals surface area contributed by atoms with E-state index in [1.54, 1.807) is 4.57 Å². The van der Waals surface area contributed by atoms with Crippen LogP contribution in [0.1, 0.15) is 55.3 Å². The van der Waals surface area contributed by atoms with E-state index in [2.05, 4.69) is 5.32 Å². The van der Waals surface area contributed by atoms with Crippen LogP contribution in [0.25, 0.3) is 20.3 Å². The molecule has 0 unspecified atom stereocenters. The van der Waals surface area contributed by atoms with Crippen LogP contribution in [0.5, 0.6) is 0 Å². The number of aromatic nitrogens is 2. The molecule has 37 heavy (non-hydrogen) atoms. The minimum atomic E-state index is -0.401. The Morgan fingerprint density at radius 1 is 1.08 bits per heavy atom. The Morgan fingerprint density at radius 2 is 1.84 bits per heavy atom. The third-order valence-corrected chi connectivity index (χ3v) is 8.83. The second kappa shape index (κ2) is 11.6. The van der Waals surface area contributed by atoms with Gasteiger partial charge in [-0.1, -0.05) is 49.2 Å². The van der Waals surface area contributed by atoms with Crippen LogP contribution in [0.3, 0.4) is 0 Å². The van der Waals surface area contributed by atoms with Gasteiger partial charge in [0.2, 0.25) is 5.91 Å². The van der Waals surface area contributed by atoms with E-state index >= 15 is 0 Å². The number of thiophene rings is 1. The van der Waals surface area contributed by atoms with E-state index in [4.69, 9.17) is 4.98 Å². The number of hydrogen-bond donors (Lipinski definition) is 1. The summed E-state index contributed by atoms with van der Waals surface area (Å²) in [5, 5.41) is 4.48. The molecule has 0 atom stereocenters. The van der Waals surface area contributed by atoms with Crippen LogP contribution in [0.15, 0.2) is 58.5 Å². The average Bonchev–Trinajstić information content (AvgIpc) is 3.28. The van der Waals surface area contributed by atoms with E-state index in [0.29, 0.717) is 40.3 Å². The molecular weight excluding hydrogens is 509 g/mol. The first-order valence-corrected chi connectivity index (χ1v) is 14.4. The van der Waals surface area contributed by atoms with Crippen LogP contribution in [0, 0.1) is 5.82 Å². The maximum atomic E-state index is 13.6. The van der Waals surface area contributed by atoms with Gasteiger partial charge < -0.3 is 5.32 Å². The second-order valence-corrected chi connectivity index (χ2v) is 11.3. The Balaban J connectivity index is 1.37. The fourth-order valence-electron chi connectivity index (χ4n) is 4.75. The number of nitrogens with zero attached hydrogens (tertiary/aromatic N) is 2. The molecule has 4 aromatic rings. The third-order valence-electron chi connectivity index (χ3n) is 6.70. The summed E-state index contributed by atoms with van der Waals surface area (Å²) in [4.78, 5) is 43.6. The molecule has 2 aromatic heterocycles.